The van der Waals surface area contributed by atoms with Gasteiger partial charge in [-0.3, -0.25) is 4.79 Å². The van der Waals surface area contributed by atoms with E-state index in [0.29, 0.717) is 0 Å². The molecule has 0 bridgehead atoms. The third-order valence-electron chi connectivity index (χ3n) is 1.73. The Morgan fingerprint density at radius 1 is 1.00 bits per heavy atom. The fraction of sp³-hybridized carbons (Fsp3) is 0. The van der Waals surface area contributed by atoms with Gasteiger partial charge in [-0.25, -0.2) is 4.98 Å². The Morgan fingerprint density at radius 2 is 1.69 bits per heavy atom. The summed E-state index contributed by atoms with van der Waals surface area (Å²) in [6.07, 6.45) is 1.53. The zero-order valence-electron chi connectivity index (χ0n) is 6.81. The van der Waals surface area contributed by atoms with Crippen LogP contribution in [0, 0.1) is 0 Å². The molecule has 0 saturated heterocycles. The molecule has 2 nitrogen and oxygen atoms in total. The average molecular weight is 194 g/mol. The number of benzene rings is 1. The van der Waals surface area contributed by atoms with Gasteiger partial charge in [-0.2, -0.15) is 0 Å². The first-order chi connectivity index (χ1) is 5.86. The van der Waals surface area contributed by atoms with Gasteiger partial charge in [0.15, 0.2) is 0 Å². The Bertz CT molecular complexity index is 470. The Kier molecular flexibility index (Phi) is 2.98. The normalized spacial score (nSPS) is 9.23. The lowest BCUT2D eigenvalue weighted by Crippen LogP contribution is -1.96. The maximum absolute atomic E-state index is 11.0. The van der Waals surface area contributed by atoms with Gasteiger partial charge in [-0.1, -0.05) is 24.3 Å². The van der Waals surface area contributed by atoms with Gasteiger partial charge < -0.3 is 0 Å². The van der Waals surface area contributed by atoms with E-state index in [1.807, 2.05) is 30.3 Å². The second-order valence-corrected chi connectivity index (χ2v) is 2.56. The molecule has 1 aromatic carbocycles. The van der Waals surface area contributed by atoms with E-state index >= 15 is 0 Å². The molecule has 3 heteroatoms. The van der Waals surface area contributed by atoms with Crippen LogP contribution < -0.4 is 5.56 Å². The molecule has 0 spiro atoms. The molecule has 0 saturated carbocycles. The third kappa shape index (κ3) is 2.04. The minimum Gasteiger partial charge on any atom is -0.267 e. The predicted molar refractivity (Wildman–Crippen MR) is 55.3 cm³/mol. The lowest BCUT2D eigenvalue weighted by atomic mass is 10.2. The molecule has 1 aromatic heterocycles. The number of hydrogen-bond acceptors (Lipinski definition) is 2. The van der Waals surface area contributed by atoms with Crippen molar-refractivity contribution in [2.45, 2.75) is 0 Å². The van der Waals surface area contributed by atoms with Crippen LogP contribution in [0.5, 0.6) is 0 Å². The first-order valence-electron chi connectivity index (χ1n) is 3.71. The molecule has 0 aliphatic carbocycles. The number of aromatic nitrogens is 1. The molecule has 0 unspecified atom stereocenters. The van der Waals surface area contributed by atoms with Crippen LogP contribution in [-0.2, 0) is 0 Å². The van der Waals surface area contributed by atoms with Crippen molar-refractivity contribution in [2.24, 2.45) is 0 Å². The summed E-state index contributed by atoms with van der Waals surface area (Å²) in [6.45, 7) is 0. The molecule has 0 N–H and O–H groups in total. The van der Waals surface area contributed by atoms with Crippen LogP contribution in [0.1, 0.15) is 0 Å². The maximum Gasteiger partial charge on any atom is 0.270 e. The summed E-state index contributed by atoms with van der Waals surface area (Å²) in [4.78, 5) is 14.6. The van der Waals surface area contributed by atoms with Crippen LogP contribution >= 0.6 is 12.4 Å². The van der Waals surface area contributed by atoms with Gasteiger partial charge in [-0.05, 0) is 16.8 Å². The summed E-state index contributed by atoms with van der Waals surface area (Å²) in [7, 11) is 0. The molecular weight excluding hydrogens is 186 g/mol. The molecular formula is C10H8ClNO. The fourth-order valence-corrected chi connectivity index (χ4v) is 1.16. The number of halogens is 1. The van der Waals surface area contributed by atoms with Crippen molar-refractivity contribution in [1.82, 2.24) is 4.98 Å². The van der Waals surface area contributed by atoms with Crippen molar-refractivity contribution in [2.75, 3.05) is 0 Å². The highest BCUT2D eigenvalue weighted by Crippen LogP contribution is 2.07. The molecule has 0 aliphatic heterocycles. The van der Waals surface area contributed by atoms with Crippen LogP contribution in [0.25, 0.3) is 10.8 Å². The van der Waals surface area contributed by atoms with Gasteiger partial charge in [0.05, 0.1) is 0 Å². The fourth-order valence-electron chi connectivity index (χ4n) is 1.16. The van der Waals surface area contributed by atoms with Crippen molar-refractivity contribution in [3.8, 4) is 0 Å². The molecule has 13 heavy (non-hydrogen) atoms. The standard InChI is InChI=1S/C10H7NO.ClH/c12-10-7-9-4-2-1-3-8(9)5-6-11-10;/h1-7H;1H. The molecule has 0 fully saturated rings. The Morgan fingerprint density at radius 3 is 2.46 bits per heavy atom. The molecule has 66 valence electrons. The summed E-state index contributed by atoms with van der Waals surface area (Å²) >= 11 is 0. The van der Waals surface area contributed by atoms with Crippen LogP contribution in [-0.4, -0.2) is 4.98 Å². The van der Waals surface area contributed by atoms with E-state index in [1.165, 1.54) is 12.3 Å². The Hall–Kier alpha value is -1.41. The maximum atomic E-state index is 11.0. The highest BCUT2D eigenvalue weighted by Gasteiger charge is 1.88. The zero-order valence-corrected chi connectivity index (χ0v) is 7.62. The third-order valence-corrected chi connectivity index (χ3v) is 1.73. The highest BCUT2D eigenvalue weighted by atomic mass is 35.5. The van der Waals surface area contributed by atoms with Crippen LogP contribution in [0.3, 0.4) is 0 Å². The number of hydrogen-bond donors (Lipinski definition) is 0. The van der Waals surface area contributed by atoms with E-state index in [4.69, 9.17) is 0 Å². The first kappa shape index (κ1) is 9.68. The largest absolute Gasteiger partial charge is 0.270 e. The molecule has 1 heterocycles. The SMILES string of the molecule is Cl.O=c1cc2ccccc2ccn1. The summed E-state index contributed by atoms with van der Waals surface area (Å²) in [5.41, 5.74) is -0.198. The molecule has 0 radical (unpaired) electrons. The van der Waals surface area contributed by atoms with E-state index in [2.05, 4.69) is 4.98 Å². The number of fused-ring (bicyclic) bond motifs is 1. The molecule has 0 atom stereocenters. The second kappa shape index (κ2) is 4.01. The van der Waals surface area contributed by atoms with E-state index in [9.17, 15) is 4.79 Å². The summed E-state index contributed by atoms with van der Waals surface area (Å²) in [5.74, 6) is 0. The smallest absolute Gasteiger partial charge is 0.267 e. The van der Waals surface area contributed by atoms with Gasteiger partial charge in [0.25, 0.3) is 5.56 Å². The molecule has 0 amide bonds. The summed E-state index contributed by atoms with van der Waals surface area (Å²) in [6, 6.07) is 11.1. The quantitative estimate of drug-likeness (QED) is 0.641. The van der Waals surface area contributed by atoms with Gasteiger partial charge in [0.1, 0.15) is 0 Å². The van der Waals surface area contributed by atoms with Gasteiger partial charge in [0.2, 0.25) is 0 Å². The highest BCUT2D eigenvalue weighted by molar-refractivity contribution is 5.85. The van der Waals surface area contributed by atoms with E-state index in [-0.39, 0.29) is 18.0 Å². The van der Waals surface area contributed by atoms with Crippen molar-refractivity contribution < 1.29 is 0 Å². The summed E-state index contributed by atoms with van der Waals surface area (Å²) in [5, 5.41) is 1.96. The lowest BCUT2D eigenvalue weighted by molar-refractivity contribution is 1.28. The average Bonchev–Trinajstić information content (AvgIpc) is 2.25. The molecule has 2 rings (SSSR count). The van der Waals surface area contributed by atoms with Gasteiger partial charge in [-0.15, -0.1) is 12.4 Å². The zero-order chi connectivity index (χ0) is 8.39. The Labute approximate surface area is 81.7 Å². The van der Waals surface area contributed by atoms with Gasteiger partial charge >= 0.3 is 0 Å². The lowest BCUT2D eigenvalue weighted by Gasteiger charge is -1.86. The van der Waals surface area contributed by atoms with Crippen molar-refractivity contribution in [3.63, 3.8) is 0 Å². The predicted octanol–water partition coefficient (Wildman–Crippen LogP) is 2.02. The van der Waals surface area contributed by atoms with E-state index in [1.54, 1.807) is 0 Å². The van der Waals surface area contributed by atoms with Gasteiger partial charge in [0, 0.05) is 12.3 Å². The number of nitrogens with zero attached hydrogens (tertiary/aromatic N) is 1. The topological polar surface area (TPSA) is 30.0 Å². The second-order valence-electron chi connectivity index (χ2n) is 2.56. The van der Waals surface area contributed by atoms with Crippen LogP contribution in [0.4, 0.5) is 0 Å². The van der Waals surface area contributed by atoms with Crippen molar-refractivity contribution in [1.29, 1.82) is 0 Å². The van der Waals surface area contributed by atoms with Crippen molar-refractivity contribution >= 4 is 23.2 Å². The van der Waals surface area contributed by atoms with Crippen molar-refractivity contribution in [3.05, 3.63) is 52.9 Å². The molecule has 0 aliphatic rings. The number of rotatable bonds is 0. The minimum atomic E-state index is -0.198. The van der Waals surface area contributed by atoms with Crippen LogP contribution in [0.2, 0.25) is 0 Å². The Balaban J connectivity index is 0.000000845. The van der Waals surface area contributed by atoms with E-state index in [0.717, 1.165) is 10.8 Å². The summed E-state index contributed by atoms with van der Waals surface area (Å²) < 4.78 is 0. The first-order valence-corrected chi connectivity index (χ1v) is 3.71. The molecule has 2 aromatic rings. The van der Waals surface area contributed by atoms with Crippen LogP contribution in [0.15, 0.2) is 47.4 Å². The monoisotopic (exact) mass is 193 g/mol. The van der Waals surface area contributed by atoms with E-state index < -0.39 is 0 Å². The minimum absolute atomic E-state index is 0.